The third kappa shape index (κ3) is 4.78. The molecule has 0 unspecified atom stereocenters. The van der Waals surface area contributed by atoms with E-state index in [1.165, 1.54) is 17.0 Å². The zero-order valence-electron chi connectivity index (χ0n) is 10.9. The summed E-state index contributed by atoms with van der Waals surface area (Å²) in [5, 5.41) is 13.8. The molecular weight excluding hydrogens is 256 g/mol. The van der Waals surface area contributed by atoms with Gasteiger partial charge in [-0.2, -0.15) is 0 Å². The maximum atomic E-state index is 12.3. The van der Waals surface area contributed by atoms with Crippen molar-refractivity contribution in [2.45, 2.75) is 19.9 Å². The van der Waals surface area contributed by atoms with Crippen molar-refractivity contribution < 1.29 is 13.7 Å². The molecule has 1 aromatic carbocycles. The standard InChI is InChI=1S/C12H17F2N3O2/c1-3-15-11-5-4-10(17(18)19)6-9(11)7-16(2)8-12(13)14/h4-6,12,15H,3,7-8H2,1-2H3. The molecule has 0 aliphatic carbocycles. The monoisotopic (exact) mass is 273 g/mol. The van der Waals surface area contributed by atoms with Gasteiger partial charge in [0, 0.05) is 30.9 Å². The molecule has 1 aromatic rings. The molecule has 0 aromatic heterocycles. The molecule has 7 heteroatoms. The zero-order chi connectivity index (χ0) is 14.4. The van der Waals surface area contributed by atoms with Crippen molar-refractivity contribution in [3.8, 4) is 0 Å². The molecule has 0 aliphatic heterocycles. The van der Waals surface area contributed by atoms with Crippen molar-refractivity contribution >= 4 is 11.4 Å². The maximum Gasteiger partial charge on any atom is 0.269 e. The third-order valence-electron chi connectivity index (χ3n) is 2.56. The Morgan fingerprint density at radius 2 is 2.16 bits per heavy atom. The van der Waals surface area contributed by atoms with E-state index in [0.717, 1.165) is 5.69 Å². The predicted molar refractivity (Wildman–Crippen MR) is 69.6 cm³/mol. The van der Waals surface area contributed by atoms with Gasteiger partial charge < -0.3 is 5.32 Å². The first kappa shape index (κ1) is 15.3. The van der Waals surface area contributed by atoms with Gasteiger partial charge in [0.15, 0.2) is 0 Å². The number of hydrogen-bond donors (Lipinski definition) is 1. The van der Waals surface area contributed by atoms with Crippen LogP contribution in [-0.4, -0.2) is 36.4 Å². The van der Waals surface area contributed by atoms with Crippen LogP contribution >= 0.6 is 0 Å². The summed E-state index contributed by atoms with van der Waals surface area (Å²) in [7, 11) is 1.56. The van der Waals surface area contributed by atoms with Gasteiger partial charge in [-0.05, 0) is 25.6 Å². The number of non-ortho nitro benzene ring substituents is 1. The Kier molecular flexibility index (Phi) is 5.62. The number of nitrogens with one attached hydrogen (secondary N) is 1. The van der Waals surface area contributed by atoms with Crippen molar-refractivity contribution in [1.82, 2.24) is 4.90 Å². The maximum absolute atomic E-state index is 12.3. The number of halogens is 2. The highest BCUT2D eigenvalue weighted by atomic mass is 19.3. The fourth-order valence-electron chi connectivity index (χ4n) is 1.78. The van der Waals surface area contributed by atoms with Crippen LogP contribution in [0.2, 0.25) is 0 Å². The van der Waals surface area contributed by atoms with E-state index >= 15 is 0 Å². The van der Waals surface area contributed by atoms with E-state index in [0.29, 0.717) is 12.1 Å². The quantitative estimate of drug-likeness (QED) is 0.613. The second kappa shape index (κ2) is 6.98. The van der Waals surface area contributed by atoms with Crippen LogP contribution in [0.5, 0.6) is 0 Å². The Balaban J connectivity index is 2.93. The van der Waals surface area contributed by atoms with Crippen LogP contribution in [0.3, 0.4) is 0 Å². The summed E-state index contributed by atoms with van der Waals surface area (Å²) < 4.78 is 24.6. The highest BCUT2D eigenvalue weighted by molar-refractivity contribution is 5.56. The molecule has 106 valence electrons. The number of rotatable bonds is 7. The Bertz CT molecular complexity index is 441. The van der Waals surface area contributed by atoms with E-state index in [4.69, 9.17) is 0 Å². The Hall–Kier alpha value is -1.76. The first-order valence-corrected chi connectivity index (χ1v) is 5.92. The van der Waals surface area contributed by atoms with Crippen LogP contribution in [0.25, 0.3) is 0 Å². The van der Waals surface area contributed by atoms with Gasteiger partial charge in [0.25, 0.3) is 12.1 Å². The van der Waals surface area contributed by atoms with Crippen molar-refractivity contribution in [2.75, 3.05) is 25.5 Å². The van der Waals surface area contributed by atoms with Crippen LogP contribution in [0.1, 0.15) is 12.5 Å². The fraction of sp³-hybridized carbons (Fsp3) is 0.500. The number of hydrogen-bond acceptors (Lipinski definition) is 4. The summed E-state index contributed by atoms with van der Waals surface area (Å²) in [5.41, 5.74) is 1.33. The average molecular weight is 273 g/mol. The molecule has 0 saturated heterocycles. The van der Waals surface area contributed by atoms with Crippen LogP contribution in [0, 0.1) is 10.1 Å². The molecular formula is C12H17F2N3O2. The lowest BCUT2D eigenvalue weighted by Crippen LogP contribution is -2.24. The molecule has 1 rings (SSSR count). The van der Waals surface area contributed by atoms with Gasteiger partial charge in [0.05, 0.1) is 11.5 Å². The van der Waals surface area contributed by atoms with Crippen LogP contribution < -0.4 is 5.32 Å². The minimum atomic E-state index is -2.42. The summed E-state index contributed by atoms with van der Waals surface area (Å²) in [6, 6.07) is 4.42. The molecule has 0 amide bonds. The average Bonchev–Trinajstić information content (AvgIpc) is 2.30. The first-order chi connectivity index (χ1) is 8.93. The van der Waals surface area contributed by atoms with Crippen LogP contribution in [0.4, 0.5) is 20.2 Å². The molecule has 0 spiro atoms. The lowest BCUT2D eigenvalue weighted by molar-refractivity contribution is -0.384. The van der Waals surface area contributed by atoms with Gasteiger partial charge in [0.1, 0.15) is 0 Å². The number of alkyl halides is 2. The normalized spacial score (nSPS) is 11.1. The summed E-state index contributed by atoms with van der Waals surface area (Å²) in [5.74, 6) is 0. The number of nitrogens with zero attached hydrogens (tertiary/aromatic N) is 2. The van der Waals surface area contributed by atoms with Crippen LogP contribution in [-0.2, 0) is 6.54 Å². The lowest BCUT2D eigenvalue weighted by atomic mass is 10.1. The second-order valence-electron chi connectivity index (χ2n) is 4.22. The molecule has 0 atom stereocenters. The molecule has 19 heavy (non-hydrogen) atoms. The van der Waals surface area contributed by atoms with Gasteiger partial charge in [-0.1, -0.05) is 0 Å². The zero-order valence-corrected chi connectivity index (χ0v) is 10.9. The lowest BCUT2D eigenvalue weighted by Gasteiger charge is -2.18. The SMILES string of the molecule is CCNc1ccc([N+](=O)[O-])cc1CN(C)CC(F)F. The molecule has 0 radical (unpaired) electrons. The van der Waals surface area contributed by atoms with Gasteiger partial charge >= 0.3 is 0 Å². The molecule has 1 N–H and O–H groups in total. The minimum absolute atomic E-state index is 0.0397. The topological polar surface area (TPSA) is 58.4 Å². The summed E-state index contributed by atoms with van der Waals surface area (Å²) >= 11 is 0. The van der Waals surface area contributed by atoms with Crippen LogP contribution in [0.15, 0.2) is 18.2 Å². The Morgan fingerprint density at radius 3 is 2.68 bits per heavy atom. The van der Waals surface area contributed by atoms with Crippen molar-refractivity contribution in [3.05, 3.63) is 33.9 Å². The molecule has 0 fully saturated rings. The molecule has 0 saturated carbocycles. The molecule has 0 bridgehead atoms. The number of nitro benzene ring substituents is 1. The molecule has 0 aliphatic rings. The smallest absolute Gasteiger partial charge is 0.269 e. The van der Waals surface area contributed by atoms with Gasteiger partial charge in [-0.25, -0.2) is 8.78 Å². The van der Waals surface area contributed by atoms with E-state index in [1.54, 1.807) is 13.1 Å². The number of benzene rings is 1. The van der Waals surface area contributed by atoms with Gasteiger partial charge in [-0.3, -0.25) is 15.0 Å². The highest BCUT2D eigenvalue weighted by Gasteiger charge is 2.14. The van der Waals surface area contributed by atoms with E-state index in [-0.39, 0.29) is 18.8 Å². The molecule has 5 nitrogen and oxygen atoms in total. The second-order valence-corrected chi connectivity index (χ2v) is 4.22. The molecule has 0 heterocycles. The highest BCUT2D eigenvalue weighted by Crippen LogP contribution is 2.23. The number of anilines is 1. The third-order valence-corrected chi connectivity index (χ3v) is 2.56. The number of nitro groups is 1. The first-order valence-electron chi connectivity index (χ1n) is 5.92. The van der Waals surface area contributed by atoms with Gasteiger partial charge in [-0.15, -0.1) is 0 Å². The van der Waals surface area contributed by atoms with Crippen molar-refractivity contribution in [2.24, 2.45) is 0 Å². The summed E-state index contributed by atoms with van der Waals surface area (Å²) in [6.07, 6.45) is -2.42. The van der Waals surface area contributed by atoms with Crippen molar-refractivity contribution in [3.63, 3.8) is 0 Å². The largest absolute Gasteiger partial charge is 0.385 e. The Labute approximate surface area is 110 Å². The van der Waals surface area contributed by atoms with Crippen molar-refractivity contribution in [1.29, 1.82) is 0 Å². The summed E-state index contributed by atoms with van der Waals surface area (Å²) in [6.45, 7) is 2.42. The van der Waals surface area contributed by atoms with Gasteiger partial charge in [0.2, 0.25) is 0 Å². The Morgan fingerprint density at radius 1 is 1.47 bits per heavy atom. The van der Waals surface area contributed by atoms with E-state index in [2.05, 4.69) is 5.32 Å². The summed E-state index contributed by atoms with van der Waals surface area (Å²) in [4.78, 5) is 11.7. The fourth-order valence-corrected chi connectivity index (χ4v) is 1.78. The minimum Gasteiger partial charge on any atom is -0.385 e. The van der Waals surface area contributed by atoms with E-state index in [1.807, 2.05) is 6.92 Å². The predicted octanol–water partition coefficient (Wildman–Crippen LogP) is 2.72. The van der Waals surface area contributed by atoms with E-state index in [9.17, 15) is 18.9 Å². The van der Waals surface area contributed by atoms with E-state index < -0.39 is 11.3 Å².